The first kappa shape index (κ1) is 22.8. The number of urea groups is 1. The lowest BCUT2D eigenvalue weighted by Crippen LogP contribution is -2.48. The molecule has 3 amide bonds. The molecule has 2 atom stereocenters. The van der Waals surface area contributed by atoms with E-state index in [4.69, 9.17) is 4.74 Å². The number of carbonyl (C=O) groups is 3. The summed E-state index contributed by atoms with van der Waals surface area (Å²) in [7, 11) is -0.948. The van der Waals surface area contributed by atoms with Crippen molar-refractivity contribution >= 4 is 27.9 Å². The lowest BCUT2D eigenvalue weighted by molar-refractivity contribution is -0.123. The molecule has 1 saturated carbocycles. The Labute approximate surface area is 170 Å². The van der Waals surface area contributed by atoms with Gasteiger partial charge < -0.3 is 10.1 Å². The van der Waals surface area contributed by atoms with Gasteiger partial charge in [-0.2, -0.15) is 0 Å². The first-order valence-corrected chi connectivity index (χ1v) is 10.9. The Morgan fingerprint density at radius 2 is 1.86 bits per heavy atom. The highest BCUT2D eigenvalue weighted by atomic mass is 32.2. The zero-order valence-electron chi connectivity index (χ0n) is 16.8. The van der Waals surface area contributed by atoms with Crippen LogP contribution in [0.1, 0.15) is 43.0 Å². The molecule has 1 aromatic rings. The number of carbonyl (C=O) groups excluding carboxylic acids is 3. The van der Waals surface area contributed by atoms with E-state index in [0.29, 0.717) is 5.92 Å². The molecule has 0 radical (unpaired) electrons. The zero-order valence-corrected chi connectivity index (χ0v) is 17.6. The van der Waals surface area contributed by atoms with Gasteiger partial charge in [-0.1, -0.05) is 25.8 Å². The number of imide groups is 1. The Hall–Kier alpha value is -2.46. The monoisotopic (exact) mass is 425 g/mol. The average Bonchev–Trinajstić information content (AvgIpc) is 2.67. The van der Waals surface area contributed by atoms with Gasteiger partial charge in [-0.25, -0.2) is 22.3 Å². The van der Waals surface area contributed by atoms with E-state index in [-0.39, 0.29) is 16.5 Å². The fourth-order valence-corrected chi connectivity index (χ4v) is 4.05. The largest absolute Gasteiger partial charge is 0.452 e. The summed E-state index contributed by atoms with van der Waals surface area (Å²) in [5.41, 5.74) is -0.0128. The van der Waals surface area contributed by atoms with Crippen LogP contribution in [0.4, 0.5) is 4.79 Å². The Bertz CT molecular complexity index is 868. The molecule has 1 aliphatic rings. The van der Waals surface area contributed by atoms with E-state index in [1.54, 1.807) is 0 Å². The molecule has 1 aliphatic carbocycles. The molecule has 2 N–H and O–H groups in total. The summed E-state index contributed by atoms with van der Waals surface area (Å²) < 4.78 is 30.2. The highest BCUT2D eigenvalue weighted by molar-refractivity contribution is 7.89. The van der Waals surface area contributed by atoms with E-state index in [1.807, 2.05) is 0 Å². The van der Waals surface area contributed by atoms with Gasteiger partial charge in [-0.05, 0) is 37.0 Å². The van der Waals surface area contributed by atoms with Gasteiger partial charge in [0.2, 0.25) is 10.0 Å². The quantitative estimate of drug-likeness (QED) is 0.666. The molecular formula is C19H27N3O6S. The topological polar surface area (TPSA) is 122 Å². The molecule has 1 fully saturated rings. The van der Waals surface area contributed by atoms with Crippen LogP contribution in [0, 0.1) is 5.92 Å². The standard InChI is InChI=1S/C19H27N3O6S/c1-13-7-4-5-10-16(13)20-19(25)21-17(23)12-28-18(24)14-8-6-9-15(11-14)29(26,27)22(2)3/h6,8-9,11,13,16H,4-5,7,10,12H2,1-3H3,(H2,20,21,23,25)/t13-,16+/m1/s1. The molecule has 2 rings (SSSR count). The number of rotatable bonds is 6. The molecule has 0 unspecified atom stereocenters. The molecule has 160 valence electrons. The van der Waals surface area contributed by atoms with Crippen molar-refractivity contribution in [3.8, 4) is 0 Å². The highest BCUT2D eigenvalue weighted by Crippen LogP contribution is 2.23. The second-order valence-electron chi connectivity index (χ2n) is 7.28. The molecule has 0 aliphatic heterocycles. The first-order valence-electron chi connectivity index (χ1n) is 9.41. The molecule has 0 bridgehead atoms. The maximum Gasteiger partial charge on any atom is 0.338 e. The van der Waals surface area contributed by atoms with Crippen molar-refractivity contribution < 1.29 is 27.5 Å². The molecule has 1 aromatic carbocycles. The van der Waals surface area contributed by atoms with E-state index in [1.165, 1.54) is 38.4 Å². The number of hydrogen-bond acceptors (Lipinski definition) is 6. The van der Waals surface area contributed by atoms with E-state index >= 15 is 0 Å². The fourth-order valence-electron chi connectivity index (χ4n) is 3.11. The number of esters is 1. The second kappa shape index (κ2) is 9.84. The van der Waals surface area contributed by atoms with E-state index < -0.39 is 34.5 Å². The average molecular weight is 426 g/mol. The Morgan fingerprint density at radius 1 is 1.17 bits per heavy atom. The third-order valence-corrected chi connectivity index (χ3v) is 6.67. The van der Waals surface area contributed by atoms with Gasteiger partial charge in [0, 0.05) is 20.1 Å². The maximum absolute atomic E-state index is 12.1. The SMILES string of the molecule is C[C@@H]1CCCC[C@@H]1NC(=O)NC(=O)COC(=O)c1cccc(S(=O)(=O)N(C)C)c1. The molecular weight excluding hydrogens is 398 g/mol. The molecule has 0 heterocycles. The third kappa shape index (κ3) is 6.26. The number of amides is 3. The van der Waals surface area contributed by atoms with Gasteiger partial charge in [-0.3, -0.25) is 10.1 Å². The summed E-state index contributed by atoms with van der Waals surface area (Å²) in [5.74, 6) is -1.29. The van der Waals surface area contributed by atoms with E-state index in [0.717, 1.165) is 30.0 Å². The van der Waals surface area contributed by atoms with Gasteiger partial charge in [-0.15, -0.1) is 0 Å². The second-order valence-corrected chi connectivity index (χ2v) is 9.43. The minimum absolute atomic E-state index is 0.0128. The predicted octanol–water partition coefficient (Wildman–Crippen LogP) is 1.50. The first-order chi connectivity index (χ1) is 13.6. The summed E-state index contributed by atoms with van der Waals surface area (Å²) in [5, 5.41) is 4.91. The minimum atomic E-state index is -3.71. The highest BCUT2D eigenvalue weighted by Gasteiger charge is 2.24. The summed E-state index contributed by atoms with van der Waals surface area (Å²) in [6.45, 7) is 1.40. The van der Waals surface area contributed by atoms with Crippen LogP contribution in [0.2, 0.25) is 0 Å². The lowest BCUT2D eigenvalue weighted by atomic mass is 9.86. The molecule has 0 spiro atoms. The fraction of sp³-hybridized carbons (Fsp3) is 0.526. The number of benzene rings is 1. The van der Waals surface area contributed by atoms with Crippen molar-refractivity contribution in [3.05, 3.63) is 29.8 Å². The number of sulfonamides is 1. The zero-order chi connectivity index (χ0) is 21.6. The van der Waals surface area contributed by atoms with Crippen LogP contribution in [0.15, 0.2) is 29.2 Å². The summed E-state index contributed by atoms with van der Waals surface area (Å²) >= 11 is 0. The van der Waals surface area contributed by atoms with Crippen molar-refractivity contribution in [3.63, 3.8) is 0 Å². The normalized spacial score (nSPS) is 19.4. The molecule has 0 aromatic heterocycles. The molecule has 10 heteroatoms. The molecule has 0 saturated heterocycles. The van der Waals surface area contributed by atoms with E-state index in [9.17, 15) is 22.8 Å². The molecule has 9 nitrogen and oxygen atoms in total. The summed E-state index contributed by atoms with van der Waals surface area (Å²) in [6, 6.07) is 4.71. The summed E-state index contributed by atoms with van der Waals surface area (Å²) in [4.78, 5) is 35.9. The van der Waals surface area contributed by atoms with E-state index in [2.05, 4.69) is 17.6 Å². The van der Waals surface area contributed by atoms with Crippen LogP contribution in [0.5, 0.6) is 0 Å². The van der Waals surface area contributed by atoms with Gasteiger partial charge >= 0.3 is 12.0 Å². The van der Waals surface area contributed by atoms with Crippen molar-refractivity contribution in [1.82, 2.24) is 14.9 Å². The van der Waals surface area contributed by atoms with Crippen LogP contribution >= 0.6 is 0 Å². The Balaban J connectivity index is 1.87. The van der Waals surface area contributed by atoms with Crippen LogP contribution < -0.4 is 10.6 Å². The Kier molecular flexibility index (Phi) is 7.74. The summed E-state index contributed by atoms with van der Waals surface area (Å²) in [6.07, 6.45) is 4.05. The number of nitrogens with one attached hydrogen (secondary N) is 2. The van der Waals surface area contributed by atoms with Gasteiger partial charge in [0.1, 0.15) is 0 Å². The minimum Gasteiger partial charge on any atom is -0.452 e. The molecule has 29 heavy (non-hydrogen) atoms. The van der Waals surface area contributed by atoms with Gasteiger partial charge in [0.05, 0.1) is 10.5 Å². The van der Waals surface area contributed by atoms with Crippen LogP contribution in [0.25, 0.3) is 0 Å². The van der Waals surface area contributed by atoms with Crippen molar-refractivity contribution in [2.24, 2.45) is 5.92 Å². The van der Waals surface area contributed by atoms with Crippen molar-refractivity contribution in [2.45, 2.75) is 43.5 Å². The van der Waals surface area contributed by atoms with Crippen molar-refractivity contribution in [1.29, 1.82) is 0 Å². The van der Waals surface area contributed by atoms with Crippen LogP contribution in [-0.4, -0.2) is 57.4 Å². The van der Waals surface area contributed by atoms with Gasteiger partial charge in [0.15, 0.2) is 6.61 Å². The maximum atomic E-state index is 12.1. The van der Waals surface area contributed by atoms with Gasteiger partial charge in [0.25, 0.3) is 5.91 Å². The number of nitrogens with zero attached hydrogens (tertiary/aromatic N) is 1. The predicted molar refractivity (Wildman–Crippen MR) is 106 cm³/mol. The number of ether oxygens (including phenoxy) is 1. The smallest absolute Gasteiger partial charge is 0.338 e. The third-order valence-electron chi connectivity index (χ3n) is 4.86. The Morgan fingerprint density at radius 3 is 2.52 bits per heavy atom. The van der Waals surface area contributed by atoms with Crippen molar-refractivity contribution in [2.75, 3.05) is 20.7 Å². The van der Waals surface area contributed by atoms with Crippen LogP contribution in [-0.2, 0) is 19.6 Å². The number of hydrogen-bond donors (Lipinski definition) is 2. The lowest BCUT2D eigenvalue weighted by Gasteiger charge is -2.29. The van der Waals surface area contributed by atoms with Crippen LogP contribution in [0.3, 0.4) is 0 Å².